The molecule has 2 rings (SSSR count). The Morgan fingerprint density at radius 3 is 3.18 bits per heavy atom. The number of carbonyl (C=O) groups excluding carboxylic acids is 1. The van der Waals surface area contributed by atoms with E-state index in [0.717, 1.165) is 6.42 Å². The number of amides is 1. The largest absolute Gasteiger partial charge is 0.467 e. The van der Waals surface area contributed by atoms with Crippen LogP contribution in [0.15, 0.2) is 22.8 Å². The van der Waals surface area contributed by atoms with Crippen molar-refractivity contribution in [3.05, 3.63) is 24.2 Å². The molecule has 1 saturated carbocycles. The van der Waals surface area contributed by atoms with Gasteiger partial charge in [0.05, 0.1) is 24.9 Å². The first kappa shape index (κ1) is 12.1. The summed E-state index contributed by atoms with van der Waals surface area (Å²) in [5, 5.41) is 12.0. The lowest BCUT2D eigenvalue weighted by Gasteiger charge is -2.13. The number of rotatable bonds is 6. The molecular weight excluding hydrogens is 222 g/mol. The van der Waals surface area contributed by atoms with Gasteiger partial charge in [0.25, 0.3) is 0 Å². The summed E-state index contributed by atoms with van der Waals surface area (Å²) < 4.78 is 10.5. The minimum absolute atomic E-state index is 0.0379. The third-order valence-electron chi connectivity index (χ3n) is 2.84. The van der Waals surface area contributed by atoms with Crippen molar-refractivity contribution in [1.29, 1.82) is 0 Å². The summed E-state index contributed by atoms with van der Waals surface area (Å²) in [4.78, 5) is 11.8. The first-order valence-electron chi connectivity index (χ1n) is 5.82. The first-order chi connectivity index (χ1) is 8.26. The molecule has 1 aliphatic rings. The number of furan rings is 1. The summed E-state index contributed by atoms with van der Waals surface area (Å²) in [5.74, 6) is 0.396. The predicted molar refractivity (Wildman–Crippen MR) is 60.2 cm³/mol. The van der Waals surface area contributed by atoms with E-state index >= 15 is 0 Å². The molecule has 0 radical (unpaired) electrons. The van der Waals surface area contributed by atoms with Crippen molar-refractivity contribution >= 4 is 5.91 Å². The molecule has 0 aromatic carbocycles. The molecule has 1 amide bonds. The van der Waals surface area contributed by atoms with Crippen LogP contribution in [0, 0.1) is 5.92 Å². The molecule has 0 bridgehead atoms. The van der Waals surface area contributed by atoms with E-state index in [1.807, 2.05) is 6.92 Å². The molecule has 0 aliphatic heterocycles. The Bertz CT molecular complexity index is 363. The van der Waals surface area contributed by atoms with E-state index in [9.17, 15) is 9.90 Å². The van der Waals surface area contributed by atoms with Crippen molar-refractivity contribution in [2.45, 2.75) is 25.5 Å². The fourth-order valence-electron chi connectivity index (χ4n) is 1.82. The number of hydrogen-bond acceptors (Lipinski definition) is 4. The second-order valence-corrected chi connectivity index (χ2v) is 4.10. The molecule has 1 heterocycles. The van der Waals surface area contributed by atoms with Gasteiger partial charge in [-0.15, -0.1) is 0 Å². The van der Waals surface area contributed by atoms with Crippen LogP contribution in [0.5, 0.6) is 0 Å². The topological polar surface area (TPSA) is 71.7 Å². The van der Waals surface area contributed by atoms with Crippen molar-refractivity contribution < 1.29 is 19.1 Å². The van der Waals surface area contributed by atoms with Crippen LogP contribution >= 0.6 is 0 Å². The summed E-state index contributed by atoms with van der Waals surface area (Å²) in [6.45, 7) is 2.36. The zero-order valence-electron chi connectivity index (χ0n) is 9.76. The fraction of sp³-hybridized carbons (Fsp3) is 0.583. The van der Waals surface area contributed by atoms with E-state index in [4.69, 9.17) is 9.15 Å². The Morgan fingerprint density at radius 2 is 2.59 bits per heavy atom. The zero-order chi connectivity index (χ0) is 12.3. The van der Waals surface area contributed by atoms with E-state index in [0.29, 0.717) is 12.4 Å². The molecule has 1 aromatic rings. The molecule has 5 nitrogen and oxygen atoms in total. The van der Waals surface area contributed by atoms with Crippen molar-refractivity contribution in [3.63, 3.8) is 0 Å². The van der Waals surface area contributed by atoms with Gasteiger partial charge in [-0.05, 0) is 25.5 Å². The van der Waals surface area contributed by atoms with Gasteiger partial charge in [0.1, 0.15) is 11.8 Å². The minimum atomic E-state index is -0.472. The molecule has 94 valence electrons. The van der Waals surface area contributed by atoms with E-state index in [2.05, 4.69) is 5.32 Å². The third kappa shape index (κ3) is 2.87. The average Bonchev–Trinajstić information content (AvgIpc) is 2.90. The number of hydrogen-bond donors (Lipinski definition) is 2. The second-order valence-electron chi connectivity index (χ2n) is 4.10. The smallest absolute Gasteiger partial charge is 0.226 e. The van der Waals surface area contributed by atoms with Crippen LogP contribution in [0.3, 0.4) is 0 Å². The molecule has 17 heavy (non-hydrogen) atoms. The van der Waals surface area contributed by atoms with Crippen LogP contribution in [0.4, 0.5) is 0 Å². The lowest BCUT2D eigenvalue weighted by molar-refractivity contribution is -0.124. The third-order valence-corrected chi connectivity index (χ3v) is 2.84. The maximum atomic E-state index is 11.8. The van der Waals surface area contributed by atoms with Crippen molar-refractivity contribution in [1.82, 2.24) is 5.32 Å². The van der Waals surface area contributed by atoms with Gasteiger partial charge in [-0.3, -0.25) is 4.79 Å². The van der Waals surface area contributed by atoms with Gasteiger partial charge in [-0.1, -0.05) is 0 Å². The highest BCUT2D eigenvalue weighted by Gasteiger charge is 2.44. The Labute approximate surface area is 99.8 Å². The van der Waals surface area contributed by atoms with E-state index in [1.54, 1.807) is 12.1 Å². The highest BCUT2D eigenvalue weighted by Crippen LogP contribution is 2.34. The Balaban J connectivity index is 1.86. The molecule has 1 fully saturated rings. The second kappa shape index (κ2) is 5.33. The Kier molecular flexibility index (Phi) is 3.81. The highest BCUT2D eigenvalue weighted by molar-refractivity contribution is 5.82. The maximum absolute atomic E-state index is 11.8. The first-order valence-corrected chi connectivity index (χ1v) is 5.82. The van der Waals surface area contributed by atoms with Gasteiger partial charge >= 0.3 is 0 Å². The SMILES string of the molecule is CCOC1CC1C(=O)NC(CO)c1ccco1. The molecule has 3 unspecified atom stereocenters. The number of carbonyl (C=O) groups is 1. The lowest BCUT2D eigenvalue weighted by Crippen LogP contribution is -2.32. The van der Waals surface area contributed by atoms with Gasteiger partial charge in [-0.2, -0.15) is 0 Å². The molecule has 2 N–H and O–H groups in total. The molecule has 0 spiro atoms. The highest BCUT2D eigenvalue weighted by atomic mass is 16.5. The van der Waals surface area contributed by atoms with Gasteiger partial charge in [0, 0.05) is 6.61 Å². The summed E-state index contributed by atoms with van der Waals surface area (Å²) in [6, 6.07) is 2.98. The monoisotopic (exact) mass is 239 g/mol. The van der Waals surface area contributed by atoms with Crippen LogP contribution < -0.4 is 5.32 Å². The lowest BCUT2D eigenvalue weighted by atomic mass is 10.2. The Hall–Kier alpha value is -1.33. The van der Waals surface area contributed by atoms with E-state index in [1.165, 1.54) is 6.26 Å². The van der Waals surface area contributed by atoms with Crippen molar-refractivity contribution in [2.24, 2.45) is 5.92 Å². The molecule has 1 aliphatic carbocycles. The van der Waals surface area contributed by atoms with Crippen LogP contribution in [0.1, 0.15) is 25.1 Å². The van der Waals surface area contributed by atoms with Gasteiger partial charge in [0.2, 0.25) is 5.91 Å². The quantitative estimate of drug-likeness (QED) is 0.772. The van der Waals surface area contributed by atoms with E-state index < -0.39 is 6.04 Å². The number of ether oxygens (including phenoxy) is 1. The van der Waals surface area contributed by atoms with Gasteiger partial charge < -0.3 is 19.6 Å². The molecule has 3 atom stereocenters. The number of aliphatic hydroxyl groups excluding tert-OH is 1. The molecular formula is C12H17NO4. The van der Waals surface area contributed by atoms with Crippen LogP contribution in [-0.2, 0) is 9.53 Å². The molecule has 1 aromatic heterocycles. The van der Waals surface area contributed by atoms with E-state index in [-0.39, 0.29) is 24.5 Å². The predicted octanol–water partition coefficient (Wildman–Crippen LogP) is 0.854. The van der Waals surface area contributed by atoms with Crippen LogP contribution in [0.25, 0.3) is 0 Å². The fourth-order valence-corrected chi connectivity index (χ4v) is 1.82. The van der Waals surface area contributed by atoms with Crippen molar-refractivity contribution in [2.75, 3.05) is 13.2 Å². The number of aliphatic hydroxyl groups is 1. The number of nitrogens with one attached hydrogen (secondary N) is 1. The summed E-state index contributed by atoms with van der Waals surface area (Å²) >= 11 is 0. The standard InChI is InChI=1S/C12H17NO4/c1-2-16-11-6-8(11)12(15)13-9(7-14)10-4-3-5-17-10/h3-5,8-9,11,14H,2,6-7H2,1H3,(H,13,15). The maximum Gasteiger partial charge on any atom is 0.226 e. The molecule has 0 saturated heterocycles. The van der Waals surface area contributed by atoms with Gasteiger partial charge in [-0.25, -0.2) is 0 Å². The molecule has 5 heteroatoms. The minimum Gasteiger partial charge on any atom is -0.467 e. The Morgan fingerprint density at radius 1 is 1.76 bits per heavy atom. The normalized spacial score (nSPS) is 24.4. The average molecular weight is 239 g/mol. The summed E-state index contributed by atoms with van der Waals surface area (Å²) in [6.07, 6.45) is 2.32. The summed E-state index contributed by atoms with van der Waals surface area (Å²) in [5.41, 5.74) is 0. The summed E-state index contributed by atoms with van der Waals surface area (Å²) in [7, 11) is 0. The van der Waals surface area contributed by atoms with Gasteiger partial charge in [0.15, 0.2) is 0 Å². The van der Waals surface area contributed by atoms with Crippen LogP contribution in [0.2, 0.25) is 0 Å². The van der Waals surface area contributed by atoms with Crippen LogP contribution in [-0.4, -0.2) is 30.3 Å². The zero-order valence-corrected chi connectivity index (χ0v) is 9.76. The van der Waals surface area contributed by atoms with Crippen molar-refractivity contribution in [3.8, 4) is 0 Å².